The van der Waals surface area contributed by atoms with Crippen LogP contribution in [0.15, 0.2) is 18.2 Å². The lowest BCUT2D eigenvalue weighted by molar-refractivity contribution is 0.0557. The second-order valence-corrected chi connectivity index (χ2v) is 5.63. The minimum Gasteiger partial charge on any atom is -0.507 e. The average Bonchev–Trinajstić information content (AvgIpc) is 2.30. The highest BCUT2D eigenvalue weighted by molar-refractivity contribution is 5.97. The fourth-order valence-electron chi connectivity index (χ4n) is 2.55. The number of rotatable bonds is 4. The van der Waals surface area contributed by atoms with Crippen LogP contribution in [-0.4, -0.2) is 42.1 Å². The van der Waals surface area contributed by atoms with Crippen LogP contribution in [-0.2, 0) is 0 Å². The van der Waals surface area contributed by atoms with Gasteiger partial charge in [-0.1, -0.05) is 12.1 Å². The quantitative estimate of drug-likeness (QED) is 0.871. The summed E-state index contributed by atoms with van der Waals surface area (Å²) in [5.74, 6) is -0.123. The van der Waals surface area contributed by atoms with Crippen LogP contribution in [0.4, 0.5) is 0 Å². The van der Waals surface area contributed by atoms with Crippen molar-refractivity contribution in [3.05, 3.63) is 29.3 Å². The van der Waals surface area contributed by atoms with E-state index in [0.717, 1.165) is 18.4 Å². The third kappa shape index (κ3) is 2.59. The van der Waals surface area contributed by atoms with Crippen LogP contribution >= 0.6 is 0 Å². The van der Waals surface area contributed by atoms with Crippen LogP contribution in [0.1, 0.15) is 35.2 Å². The van der Waals surface area contributed by atoms with Gasteiger partial charge < -0.3 is 15.3 Å². The van der Waals surface area contributed by atoms with Gasteiger partial charge in [-0.3, -0.25) is 4.79 Å². The Balaban J connectivity index is 2.04. The van der Waals surface area contributed by atoms with Gasteiger partial charge >= 0.3 is 0 Å². The second kappa shape index (κ2) is 5.21. The third-order valence-corrected chi connectivity index (χ3v) is 4.29. The van der Waals surface area contributed by atoms with Gasteiger partial charge in [-0.2, -0.15) is 0 Å². The van der Waals surface area contributed by atoms with E-state index in [-0.39, 0.29) is 17.2 Å². The van der Waals surface area contributed by atoms with Crippen molar-refractivity contribution in [1.82, 2.24) is 10.2 Å². The molecule has 1 aromatic carbocycles. The van der Waals surface area contributed by atoms with Crippen LogP contribution in [0.5, 0.6) is 5.75 Å². The monoisotopic (exact) mass is 262 g/mol. The van der Waals surface area contributed by atoms with Crippen molar-refractivity contribution in [2.24, 2.45) is 0 Å². The minimum atomic E-state index is -0.200. The van der Waals surface area contributed by atoms with E-state index in [9.17, 15) is 9.90 Å². The molecule has 0 unspecified atom stereocenters. The zero-order valence-corrected chi connectivity index (χ0v) is 11.9. The zero-order chi connectivity index (χ0) is 14.0. The highest BCUT2D eigenvalue weighted by atomic mass is 16.3. The summed E-state index contributed by atoms with van der Waals surface area (Å²) in [6.07, 6.45) is 3.43. The van der Waals surface area contributed by atoms with E-state index >= 15 is 0 Å². The SMILES string of the molecule is Cc1cccc(C(=O)NCC2(N(C)C)CCC2)c1O. The Morgan fingerprint density at radius 2 is 2.11 bits per heavy atom. The topological polar surface area (TPSA) is 52.6 Å². The molecule has 2 N–H and O–H groups in total. The van der Waals surface area contributed by atoms with Crippen LogP contribution in [0.3, 0.4) is 0 Å². The molecule has 0 saturated heterocycles. The number of phenols is 1. The number of amides is 1. The summed E-state index contributed by atoms with van der Waals surface area (Å²) >= 11 is 0. The summed E-state index contributed by atoms with van der Waals surface area (Å²) in [6, 6.07) is 5.23. The predicted octanol–water partition coefficient (Wildman–Crippen LogP) is 1.91. The average molecular weight is 262 g/mol. The smallest absolute Gasteiger partial charge is 0.255 e. The Morgan fingerprint density at radius 3 is 2.63 bits per heavy atom. The number of nitrogens with one attached hydrogen (secondary N) is 1. The fourth-order valence-corrected chi connectivity index (χ4v) is 2.55. The van der Waals surface area contributed by atoms with Crippen molar-refractivity contribution in [3.63, 3.8) is 0 Å². The Labute approximate surface area is 114 Å². The van der Waals surface area contributed by atoms with Crippen molar-refractivity contribution in [2.75, 3.05) is 20.6 Å². The molecule has 0 aliphatic heterocycles. The Morgan fingerprint density at radius 1 is 1.42 bits per heavy atom. The number of carbonyl (C=O) groups excluding carboxylic acids is 1. The van der Waals surface area contributed by atoms with E-state index in [1.807, 2.05) is 0 Å². The molecule has 104 valence electrons. The van der Waals surface area contributed by atoms with Crippen molar-refractivity contribution in [2.45, 2.75) is 31.7 Å². The molecule has 4 nitrogen and oxygen atoms in total. The zero-order valence-electron chi connectivity index (χ0n) is 11.9. The molecule has 1 aliphatic carbocycles. The van der Waals surface area contributed by atoms with Gasteiger partial charge in [0.1, 0.15) is 5.75 Å². The van der Waals surface area contributed by atoms with Gasteiger partial charge in [-0.15, -0.1) is 0 Å². The first-order valence-electron chi connectivity index (χ1n) is 6.70. The van der Waals surface area contributed by atoms with Gasteiger partial charge in [0.15, 0.2) is 0 Å². The van der Waals surface area contributed by atoms with Crippen LogP contribution in [0.2, 0.25) is 0 Å². The fraction of sp³-hybridized carbons (Fsp3) is 0.533. The van der Waals surface area contributed by atoms with E-state index in [1.165, 1.54) is 6.42 Å². The number of carbonyl (C=O) groups is 1. The maximum atomic E-state index is 12.1. The van der Waals surface area contributed by atoms with Crippen molar-refractivity contribution in [1.29, 1.82) is 0 Å². The third-order valence-electron chi connectivity index (χ3n) is 4.29. The summed E-state index contributed by atoms with van der Waals surface area (Å²) in [7, 11) is 4.10. The number of benzene rings is 1. The van der Waals surface area contributed by atoms with E-state index in [0.29, 0.717) is 12.1 Å². The van der Waals surface area contributed by atoms with Gasteiger partial charge in [-0.05, 0) is 51.9 Å². The Bertz CT molecular complexity index is 479. The number of aromatic hydroxyl groups is 1. The molecule has 2 rings (SSSR count). The molecule has 0 aromatic heterocycles. The largest absolute Gasteiger partial charge is 0.507 e. The number of hydrogen-bond acceptors (Lipinski definition) is 3. The minimum absolute atomic E-state index is 0.0764. The van der Waals surface area contributed by atoms with Gasteiger partial charge in [0.2, 0.25) is 0 Å². The molecule has 0 bridgehead atoms. The normalized spacial score (nSPS) is 17.1. The lowest BCUT2D eigenvalue weighted by Crippen LogP contribution is -2.57. The molecule has 1 aliphatic rings. The van der Waals surface area contributed by atoms with Crippen LogP contribution in [0, 0.1) is 6.92 Å². The number of hydrogen-bond donors (Lipinski definition) is 2. The molecule has 1 saturated carbocycles. The summed E-state index contributed by atoms with van der Waals surface area (Å²) in [4.78, 5) is 14.3. The van der Waals surface area contributed by atoms with Crippen LogP contribution < -0.4 is 5.32 Å². The standard InChI is InChI=1S/C15H22N2O2/c1-11-6-4-7-12(13(11)18)14(19)16-10-15(17(2)3)8-5-9-15/h4,6-7,18H,5,8-10H2,1-3H3,(H,16,19). The lowest BCUT2D eigenvalue weighted by Gasteiger charge is -2.47. The van der Waals surface area contributed by atoms with Gasteiger partial charge in [0.25, 0.3) is 5.91 Å². The van der Waals surface area contributed by atoms with Crippen molar-refractivity contribution >= 4 is 5.91 Å². The number of para-hydroxylation sites is 1. The predicted molar refractivity (Wildman–Crippen MR) is 75.4 cm³/mol. The highest BCUT2D eigenvalue weighted by Gasteiger charge is 2.39. The van der Waals surface area contributed by atoms with E-state index in [2.05, 4.69) is 24.3 Å². The first-order valence-corrected chi connectivity index (χ1v) is 6.70. The van der Waals surface area contributed by atoms with E-state index in [4.69, 9.17) is 0 Å². The van der Waals surface area contributed by atoms with E-state index in [1.54, 1.807) is 25.1 Å². The highest BCUT2D eigenvalue weighted by Crippen LogP contribution is 2.35. The molecule has 0 atom stereocenters. The molecule has 1 amide bonds. The summed E-state index contributed by atoms with van der Waals surface area (Å²) in [6.45, 7) is 2.42. The number of likely N-dealkylation sites (N-methyl/N-ethyl adjacent to an activating group) is 1. The summed E-state index contributed by atoms with van der Waals surface area (Å²) in [5.41, 5.74) is 1.17. The molecule has 19 heavy (non-hydrogen) atoms. The molecule has 4 heteroatoms. The Kier molecular flexibility index (Phi) is 3.80. The molecular formula is C15H22N2O2. The van der Waals surface area contributed by atoms with Gasteiger partial charge in [0, 0.05) is 12.1 Å². The summed E-state index contributed by atoms with van der Waals surface area (Å²) < 4.78 is 0. The maximum absolute atomic E-state index is 12.1. The molecular weight excluding hydrogens is 240 g/mol. The first kappa shape index (κ1) is 13.9. The van der Waals surface area contributed by atoms with Gasteiger partial charge in [-0.25, -0.2) is 0 Å². The van der Waals surface area contributed by atoms with Crippen molar-refractivity contribution < 1.29 is 9.90 Å². The lowest BCUT2D eigenvalue weighted by atomic mass is 9.75. The summed E-state index contributed by atoms with van der Waals surface area (Å²) in [5, 5.41) is 12.9. The number of nitrogens with zero attached hydrogens (tertiary/aromatic N) is 1. The second-order valence-electron chi connectivity index (χ2n) is 5.63. The molecule has 1 fully saturated rings. The maximum Gasteiger partial charge on any atom is 0.255 e. The molecule has 0 radical (unpaired) electrons. The van der Waals surface area contributed by atoms with Gasteiger partial charge in [0.05, 0.1) is 5.56 Å². The van der Waals surface area contributed by atoms with Crippen molar-refractivity contribution in [3.8, 4) is 5.75 Å². The van der Waals surface area contributed by atoms with E-state index < -0.39 is 0 Å². The number of phenolic OH excluding ortho intramolecular Hbond substituents is 1. The molecule has 0 heterocycles. The molecule has 0 spiro atoms. The van der Waals surface area contributed by atoms with Crippen LogP contribution in [0.25, 0.3) is 0 Å². The Hall–Kier alpha value is -1.55. The molecule has 1 aromatic rings. The first-order chi connectivity index (χ1) is 8.96. The number of aryl methyl sites for hydroxylation is 1.